The molecule has 4 atom stereocenters. The van der Waals surface area contributed by atoms with Crippen molar-refractivity contribution in [3.05, 3.63) is 35.9 Å². The molecule has 32 heavy (non-hydrogen) atoms. The Morgan fingerprint density at radius 2 is 1.72 bits per heavy atom. The number of hydrogen-bond acceptors (Lipinski definition) is 5. The Bertz CT molecular complexity index is 931. The fourth-order valence-corrected chi connectivity index (χ4v) is 5.50. The van der Waals surface area contributed by atoms with E-state index in [4.69, 9.17) is 4.74 Å². The van der Waals surface area contributed by atoms with E-state index in [9.17, 15) is 19.2 Å². The molecule has 1 saturated carbocycles. The summed E-state index contributed by atoms with van der Waals surface area (Å²) in [7, 11) is 0. The SMILES string of the molecule is C[C@H]1C(=O)N(C(=O)C2CC2)[C@@H]2CCN(C(=O)[C@@H]3CCCN3C(=O)OCc3ccccc3)[C@H]21. The summed E-state index contributed by atoms with van der Waals surface area (Å²) < 4.78 is 5.47. The zero-order valence-electron chi connectivity index (χ0n) is 18.3. The minimum absolute atomic E-state index is 0.0284. The van der Waals surface area contributed by atoms with E-state index >= 15 is 0 Å². The number of carbonyl (C=O) groups excluding carboxylic acids is 4. The third-order valence-electron chi connectivity index (χ3n) is 7.32. The summed E-state index contributed by atoms with van der Waals surface area (Å²) in [6, 6.07) is 8.32. The van der Waals surface area contributed by atoms with Gasteiger partial charge in [0.25, 0.3) is 0 Å². The van der Waals surface area contributed by atoms with Crippen molar-refractivity contribution < 1.29 is 23.9 Å². The van der Waals surface area contributed by atoms with Crippen LogP contribution in [0.4, 0.5) is 4.79 Å². The highest BCUT2D eigenvalue weighted by atomic mass is 16.6. The van der Waals surface area contributed by atoms with E-state index < -0.39 is 18.1 Å². The third kappa shape index (κ3) is 3.55. The van der Waals surface area contributed by atoms with Crippen molar-refractivity contribution in [1.82, 2.24) is 14.7 Å². The predicted molar refractivity (Wildman–Crippen MR) is 114 cm³/mol. The topological polar surface area (TPSA) is 87.2 Å². The van der Waals surface area contributed by atoms with Crippen molar-refractivity contribution in [3.8, 4) is 0 Å². The third-order valence-corrected chi connectivity index (χ3v) is 7.32. The quantitative estimate of drug-likeness (QED) is 0.671. The van der Waals surface area contributed by atoms with Crippen LogP contribution in [-0.2, 0) is 25.7 Å². The van der Waals surface area contributed by atoms with E-state index in [1.807, 2.05) is 37.3 Å². The Hall–Kier alpha value is -2.90. The maximum absolute atomic E-state index is 13.5. The molecule has 4 fully saturated rings. The molecule has 0 spiro atoms. The van der Waals surface area contributed by atoms with Crippen LogP contribution in [0.3, 0.4) is 0 Å². The number of rotatable bonds is 4. The Kier molecular flexibility index (Phi) is 5.39. The maximum Gasteiger partial charge on any atom is 0.410 e. The van der Waals surface area contributed by atoms with Gasteiger partial charge in [0.05, 0.1) is 18.0 Å². The number of amides is 4. The molecule has 8 heteroatoms. The maximum atomic E-state index is 13.5. The number of imide groups is 1. The fourth-order valence-electron chi connectivity index (χ4n) is 5.50. The van der Waals surface area contributed by atoms with Crippen molar-refractivity contribution in [2.24, 2.45) is 11.8 Å². The van der Waals surface area contributed by atoms with Gasteiger partial charge in [-0.25, -0.2) is 4.79 Å². The number of benzene rings is 1. The van der Waals surface area contributed by atoms with Crippen LogP contribution in [-0.4, -0.2) is 69.7 Å². The lowest BCUT2D eigenvalue weighted by atomic mass is 10.0. The number of nitrogens with zero attached hydrogens (tertiary/aromatic N) is 3. The van der Waals surface area contributed by atoms with Crippen LogP contribution in [0.5, 0.6) is 0 Å². The molecule has 4 amide bonds. The molecule has 4 aliphatic rings. The summed E-state index contributed by atoms with van der Waals surface area (Å²) in [5.41, 5.74) is 0.893. The van der Waals surface area contributed by atoms with Crippen LogP contribution < -0.4 is 0 Å². The summed E-state index contributed by atoms with van der Waals surface area (Å²) in [4.78, 5) is 56.5. The summed E-state index contributed by atoms with van der Waals surface area (Å²) in [5, 5.41) is 0. The van der Waals surface area contributed by atoms with Crippen molar-refractivity contribution in [2.45, 2.75) is 63.8 Å². The zero-order chi connectivity index (χ0) is 22.4. The normalized spacial score (nSPS) is 29.4. The first-order valence-electron chi connectivity index (χ1n) is 11.6. The molecular formula is C24H29N3O5. The first-order valence-corrected chi connectivity index (χ1v) is 11.6. The van der Waals surface area contributed by atoms with Crippen molar-refractivity contribution in [2.75, 3.05) is 13.1 Å². The van der Waals surface area contributed by atoms with E-state index in [1.165, 1.54) is 9.80 Å². The van der Waals surface area contributed by atoms with E-state index in [2.05, 4.69) is 0 Å². The fraction of sp³-hybridized carbons (Fsp3) is 0.583. The lowest BCUT2D eigenvalue weighted by Crippen LogP contribution is -2.51. The molecule has 3 aliphatic heterocycles. The monoisotopic (exact) mass is 439 g/mol. The minimum atomic E-state index is -0.576. The molecule has 0 N–H and O–H groups in total. The Labute approximate surface area is 187 Å². The van der Waals surface area contributed by atoms with Crippen LogP contribution in [0.25, 0.3) is 0 Å². The smallest absolute Gasteiger partial charge is 0.410 e. The standard InChI is InChI=1S/C24H29N3O5/c1-15-20-18(27(21(15)28)22(29)17-9-10-17)11-13-26(20)23(30)19-8-5-12-25(19)24(31)32-14-16-6-3-2-4-7-16/h2-4,6-7,15,17-20H,5,8-14H2,1H3/t15-,18-,19+,20+/m1/s1. The second kappa shape index (κ2) is 8.22. The van der Waals surface area contributed by atoms with Crippen LogP contribution in [0, 0.1) is 11.8 Å². The number of ether oxygens (including phenoxy) is 1. The van der Waals surface area contributed by atoms with Crippen LogP contribution in [0.2, 0.25) is 0 Å². The van der Waals surface area contributed by atoms with Gasteiger partial charge in [-0.15, -0.1) is 0 Å². The summed E-state index contributed by atoms with van der Waals surface area (Å²) in [5.74, 6) is -0.809. The lowest BCUT2D eigenvalue weighted by Gasteiger charge is -2.31. The van der Waals surface area contributed by atoms with Gasteiger partial charge in [-0.05, 0) is 37.7 Å². The van der Waals surface area contributed by atoms with Gasteiger partial charge in [-0.2, -0.15) is 0 Å². The predicted octanol–water partition coefficient (Wildman–Crippen LogP) is 2.17. The molecule has 1 aromatic carbocycles. The highest BCUT2D eigenvalue weighted by molar-refractivity contribution is 6.01. The Balaban J connectivity index is 1.27. The summed E-state index contributed by atoms with van der Waals surface area (Å²) in [6.45, 7) is 2.96. The van der Waals surface area contributed by atoms with E-state index in [0.717, 1.165) is 24.8 Å². The average molecular weight is 440 g/mol. The largest absolute Gasteiger partial charge is 0.445 e. The van der Waals surface area contributed by atoms with Gasteiger partial charge >= 0.3 is 6.09 Å². The molecule has 0 radical (unpaired) electrons. The second-order valence-corrected chi connectivity index (χ2v) is 9.38. The summed E-state index contributed by atoms with van der Waals surface area (Å²) >= 11 is 0. The molecule has 170 valence electrons. The van der Waals surface area contributed by atoms with Gasteiger partial charge in [0.2, 0.25) is 17.7 Å². The summed E-state index contributed by atoms with van der Waals surface area (Å²) in [6.07, 6.45) is 3.13. The molecule has 0 bridgehead atoms. The minimum Gasteiger partial charge on any atom is -0.445 e. The number of hydrogen-bond donors (Lipinski definition) is 0. The first kappa shape index (κ1) is 21.0. The molecule has 0 unspecified atom stereocenters. The number of likely N-dealkylation sites (tertiary alicyclic amines) is 3. The molecule has 3 heterocycles. The van der Waals surface area contributed by atoms with Crippen LogP contribution in [0.15, 0.2) is 30.3 Å². The highest BCUT2D eigenvalue weighted by Crippen LogP contribution is 2.41. The van der Waals surface area contributed by atoms with E-state index in [1.54, 1.807) is 4.90 Å². The van der Waals surface area contributed by atoms with Gasteiger partial charge in [0.1, 0.15) is 12.6 Å². The molecular weight excluding hydrogens is 410 g/mol. The van der Waals surface area contributed by atoms with Crippen molar-refractivity contribution in [1.29, 1.82) is 0 Å². The second-order valence-electron chi connectivity index (χ2n) is 9.38. The molecule has 8 nitrogen and oxygen atoms in total. The van der Waals surface area contributed by atoms with Crippen molar-refractivity contribution >= 4 is 23.8 Å². The molecule has 3 saturated heterocycles. The number of fused-ring (bicyclic) bond motifs is 1. The van der Waals surface area contributed by atoms with E-state index in [0.29, 0.717) is 25.9 Å². The molecule has 1 aromatic rings. The van der Waals surface area contributed by atoms with Crippen LogP contribution >= 0.6 is 0 Å². The van der Waals surface area contributed by atoms with Crippen molar-refractivity contribution in [3.63, 3.8) is 0 Å². The molecule has 1 aliphatic carbocycles. The van der Waals surface area contributed by atoms with Gasteiger partial charge in [0, 0.05) is 19.0 Å². The van der Waals surface area contributed by atoms with Gasteiger partial charge < -0.3 is 9.64 Å². The zero-order valence-corrected chi connectivity index (χ0v) is 18.3. The first-order chi connectivity index (χ1) is 15.5. The Morgan fingerprint density at radius 3 is 2.44 bits per heavy atom. The van der Waals surface area contributed by atoms with Gasteiger partial charge in [-0.3, -0.25) is 24.2 Å². The van der Waals surface area contributed by atoms with Gasteiger partial charge in [0.15, 0.2) is 0 Å². The molecule has 5 rings (SSSR count). The average Bonchev–Trinajstić information content (AvgIpc) is 3.29. The van der Waals surface area contributed by atoms with Crippen LogP contribution in [0.1, 0.15) is 44.6 Å². The Morgan fingerprint density at radius 1 is 0.969 bits per heavy atom. The van der Waals surface area contributed by atoms with Gasteiger partial charge in [-0.1, -0.05) is 37.3 Å². The lowest BCUT2D eigenvalue weighted by molar-refractivity contribution is -0.146. The highest BCUT2D eigenvalue weighted by Gasteiger charge is 2.57. The molecule has 0 aromatic heterocycles. The number of carbonyl (C=O) groups is 4. The van der Waals surface area contributed by atoms with E-state index in [-0.39, 0.29) is 42.3 Å².